The lowest BCUT2D eigenvalue weighted by Crippen LogP contribution is -2.22. The van der Waals surface area contributed by atoms with Gasteiger partial charge in [0.1, 0.15) is 11.5 Å². The van der Waals surface area contributed by atoms with Gasteiger partial charge in [0, 0.05) is 38.6 Å². The normalized spacial score (nSPS) is 10.3. The highest BCUT2D eigenvalue weighted by Crippen LogP contribution is 2.18. The van der Waals surface area contributed by atoms with Gasteiger partial charge in [-0.3, -0.25) is 15.1 Å². The first kappa shape index (κ1) is 12.1. The van der Waals surface area contributed by atoms with Crippen molar-refractivity contribution in [2.24, 2.45) is 12.8 Å². The number of nitrogens with zero attached hydrogens (tertiary/aromatic N) is 4. The van der Waals surface area contributed by atoms with E-state index >= 15 is 0 Å². The smallest absolute Gasteiger partial charge is 0.143 e. The summed E-state index contributed by atoms with van der Waals surface area (Å²) in [4.78, 5) is 6.13. The van der Waals surface area contributed by atoms with E-state index in [0.717, 1.165) is 11.3 Å². The molecule has 6 heteroatoms. The zero-order chi connectivity index (χ0) is 13.1. The van der Waals surface area contributed by atoms with E-state index in [4.69, 9.17) is 11.1 Å². The average Bonchev–Trinajstić information content (AvgIpc) is 2.74. The molecule has 2 aromatic rings. The lowest BCUT2D eigenvalue weighted by molar-refractivity contribution is 0.766. The van der Waals surface area contributed by atoms with Crippen LogP contribution in [0.2, 0.25) is 0 Å². The van der Waals surface area contributed by atoms with Gasteiger partial charge in [-0.05, 0) is 12.1 Å². The second kappa shape index (κ2) is 4.87. The Hall–Kier alpha value is -2.37. The maximum absolute atomic E-state index is 7.53. The summed E-state index contributed by atoms with van der Waals surface area (Å²) in [6.07, 6.45) is 5.42. The first-order valence-electron chi connectivity index (χ1n) is 5.56. The molecule has 0 radical (unpaired) electrons. The molecule has 2 rings (SSSR count). The SMILES string of the molecule is CN(Cc1cnn(C)c1)c1cccnc1C(=N)N. The lowest BCUT2D eigenvalue weighted by Gasteiger charge is -2.20. The van der Waals surface area contributed by atoms with Gasteiger partial charge in [-0.15, -0.1) is 0 Å². The molecule has 0 spiro atoms. The third-order valence-electron chi connectivity index (χ3n) is 2.63. The Bertz CT molecular complexity index is 559. The monoisotopic (exact) mass is 244 g/mol. The van der Waals surface area contributed by atoms with Gasteiger partial charge in [0.25, 0.3) is 0 Å². The minimum Gasteiger partial charge on any atom is -0.382 e. The second-order valence-corrected chi connectivity index (χ2v) is 4.16. The van der Waals surface area contributed by atoms with Crippen molar-refractivity contribution in [1.29, 1.82) is 5.41 Å². The third kappa shape index (κ3) is 2.48. The number of pyridine rings is 1. The Kier molecular flexibility index (Phi) is 3.27. The second-order valence-electron chi connectivity index (χ2n) is 4.16. The van der Waals surface area contributed by atoms with E-state index in [1.165, 1.54) is 0 Å². The number of anilines is 1. The van der Waals surface area contributed by atoms with Crippen LogP contribution in [-0.4, -0.2) is 27.6 Å². The van der Waals surface area contributed by atoms with Gasteiger partial charge in [0.2, 0.25) is 0 Å². The van der Waals surface area contributed by atoms with Crippen molar-refractivity contribution in [3.8, 4) is 0 Å². The molecular weight excluding hydrogens is 228 g/mol. The largest absolute Gasteiger partial charge is 0.382 e. The van der Waals surface area contributed by atoms with Crippen LogP contribution in [0.15, 0.2) is 30.7 Å². The molecule has 6 nitrogen and oxygen atoms in total. The zero-order valence-electron chi connectivity index (χ0n) is 10.5. The molecule has 0 aliphatic heterocycles. The fourth-order valence-electron chi connectivity index (χ4n) is 1.82. The summed E-state index contributed by atoms with van der Waals surface area (Å²) in [6.45, 7) is 0.694. The molecule has 0 atom stereocenters. The van der Waals surface area contributed by atoms with Crippen molar-refractivity contribution in [2.75, 3.05) is 11.9 Å². The maximum atomic E-state index is 7.53. The first-order chi connectivity index (χ1) is 8.58. The van der Waals surface area contributed by atoms with Crippen molar-refractivity contribution < 1.29 is 0 Å². The molecule has 2 heterocycles. The van der Waals surface area contributed by atoms with Crippen molar-refractivity contribution in [3.63, 3.8) is 0 Å². The van der Waals surface area contributed by atoms with E-state index < -0.39 is 0 Å². The van der Waals surface area contributed by atoms with Gasteiger partial charge in [-0.2, -0.15) is 5.10 Å². The molecule has 0 unspecified atom stereocenters. The van der Waals surface area contributed by atoms with E-state index in [2.05, 4.69) is 10.1 Å². The molecule has 0 aliphatic rings. The topological polar surface area (TPSA) is 83.8 Å². The van der Waals surface area contributed by atoms with Crippen LogP contribution in [-0.2, 0) is 13.6 Å². The molecule has 0 fully saturated rings. The van der Waals surface area contributed by atoms with Crippen molar-refractivity contribution in [3.05, 3.63) is 42.0 Å². The highest BCUT2D eigenvalue weighted by molar-refractivity contribution is 5.98. The van der Waals surface area contributed by atoms with Crippen LogP contribution in [0.5, 0.6) is 0 Å². The Morgan fingerprint density at radius 1 is 1.56 bits per heavy atom. The van der Waals surface area contributed by atoms with Crippen LogP contribution >= 0.6 is 0 Å². The summed E-state index contributed by atoms with van der Waals surface area (Å²) in [5, 5.41) is 11.7. The van der Waals surface area contributed by atoms with Crippen LogP contribution in [0.3, 0.4) is 0 Å². The average molecular weight is 244 g/mol. The Labute approximate surface area is 106 Å². The van der Waals surface area contributed by atoms with Gasteiger partial charge in [-0.25, -0.2) is 0 Å². The van der Waals surface area contributed by atoms with Crippen LogP contribution in [0.4, 0.5) is 5.69 Å². The highest BCUT2D eigenvalue weighted by Gasteiger charge is 2.11. The number of aryl methyl sites for hydroxylation is 1. The molecule has 3 N–H and O–H groups in total. The van der Waals surface area contributed by atoms with E-state index in [-0.39, 0.29) is 5.84 Å². The zero-order valence-corrected chi connectivity index (χ0v) is 10.5. The first-order valence-corrected chi connectivity index (χ1v) is 5.56. The molecule has 0 aromatic carbocycles. The molecule has 0 saturated carbocycles. The predicted molar refractivity (Wildman–Crippen MR) is 70.6 cm³/mol. The fourth-order valence-corrected chi connectivity index (χ4v) is 1.82. The van der Waals surface area contributed by atoms with Gasteiger partial charge in [0.05, 0.1) is 11.9 Å². The lowest BCUT2D eigenvalue weighted by atomic mass is 10.2. The predicted octanol–water partition coefficient (Wildman–Crippen LogP) is 0.736. The van der Waals surface area contributed by atoms with Crippen LogP contribution in [0.25, 0.3) is 0 Å². The van der Waals surface area contributed by atoms with Gasteiger partial charge < -0.3 is 10.6 Å². The van der Waals surface area contributed by atoms with E-state index in [1.54, 1.807) is 10.9 Å². The third-order valence-corrected chi connectivity index (χ3v) is 2.63. The Balaban J connectivity index is 2.23. The molecular formula is C12H16N6. The Morgan fingerprint density at radius 2 is 2.33 bits per heavy atom. The van der Waals surface area contributed by atoms with E-state index in [1.807, 2.05) is 43.5 Å². The summed E-state index contributed by atoms with van der Waals surface area (Å²) in [5.41, 5.74) is 7.97. The number of nitrogens with one attached hydrogen (secondary N) is 1. The Morgan fingerprint density at radius 3 is 2.94 bits per heavy atom. The number of hydrogen-bond acceptors (Lipinski definition) is 4. The molecule has 18 heavy (non-hydrogen) atoms. The minimum absolute atomic E-state index is 0.0244. The van der Waals surface area contributed by atoms with Crippen molar-refractivity contribution in [2.45, 2.75) is 6.54 Å². The van der Waals surface area contributed by atoms with E-state index in [0.29, 0.717) is 12.2 Å². The number of aromatic nitrogens is 3. The summed E-state index contributed by atoms with van der Waals surface area (Å²) < 4.78 is 1.76. The van der Waals surface area contributed by atoms with Crippen LogP contribution in [0, 0.1) is 5.41 Å². The van der Waals surface area contributed by atoms with Crippen molar-refractivity contribution in [1.82, 2.24) is 14.8 Å². The number of nitrogens with two attached hydrogens (primary N) is 1. The summed E-state index contributed by atoms with van der Waals surface area (Å²) in [6, 6.07) is 3.74. The van der Waals surface area contributed by atoms with Gasteiger partial charge in [0.15, 0.2) is 0 Å². The number of rotatable bonds is 4. The molecule has 0 bridgehead atoms. The maximum Gasteiger partial charge on any atom is 0.143 e. The molecule has 0 aliphatic carbocycles. The molecule has 0 amide bonds. The molecule has 94 valence electrons. The minimum atomic E-state index is -0.0244. The van der Waals surface area contributed by atoms with Crippen molar-refractivity contribution >= 4 is 11.5 Å². The van der Waals surface area contributed by atoms with Crippen LogP contribution in [0.1, 0.15) is 11.3 Å². The van der Waals surface area contributed by atoms with Gasteiger partial charge >= 0.3 is 0 Å². The standard InChI is InChI=1S/C12H16N6/c1-17(7-9-6-16-18(2)8-9)10-4-3-5-15-11(10)12(13)14/h3-6,8H,7H2,1-2H3,(H3,13,14). The summed E-state index contributed by atoms with van der Waals surface area (Å²) >= 11 is 0. The number of nitrogen functional groups attached to an aromatic ring is 1. The number of amidine groups is 1. The number of hydrogen-bond donors (Lipinski definition) is 2. The molecule has 0 saturated heterocycles. The van der Waals surface area contributed by atoms with E-state index in [9.17, 15) is 0 Å². The van der Waals surface area contributed by atoms with Gasteiger partial charge in [-0.1, -0.05) is 0 Å². The summed E-state index contributed by atoms with van der Waals surface area (Å²) in [5.74, 6) is -0.0244. The quantitative estimate of drug-likeness (QED) is 0.613. The fraction of sp³-hybridized carbons (Fsp3) is 0.250. The van der Waals surface area contributed by atoms with Crippen LogP contribution < -0.4 is 10.6 Å². The highest BCUT2D eigenvalue weighted by atomic mass is 15.2. The summed E-state index contributed by atoms with van der Waals surface area (Å²) in [7, 11) is 3.82. The molecule has 2 aromatic heterocycles.